The predicted octanol–water partition coefficient (Wildman–Crippen LogP) is 5.68. The number of nitrogens with zero attached hydrogens (tertiary/aromatic N) is 2. The van der Waals surface area contributed by atoms with Crippen molar-refractivity contribution < 1.29 is 33.5 Å². The lowest BCUT2D eigenvalue weighted by molar-refractivity contribution is -0.143. The van der Waals surface area contributed by atoms with E-state index in [1.54, 1.807) is 0 Å². The van der Waals surface area contributed by atoms with E-state index in [1.165, 1.54) is 12.0 Å². The van der Waals surface area contributed by atoms with E-state index in [9.17, 15) is 19.2 Å². The van der Waals surface area contributed by atoms with E-state index in [0.717, 1.165) is 46.4 Å². The summed E-state index contributed by atoms with van der Waals surface area (Å²) in [4.78, 5) is 63.8. The molecule has 1 saturated heterocycles. The largest absolute Gasteiger partial charge is 0.449 e. The Morgan fingerprint density at radius 2 is 1.57 bits per heavy atom. The van der Waals surface area contributed by atoms with Crippen LogP contribution < -0.4 is 16.0 Å². The number of likely N-dealkylation sites (tertiary alicyclic amines) is 1. The molecule has 1 spiro atoms. The number of alkyl carbamates (subject to hydrolysis) is 1. The van der Waals surface area contributed by atoms with Crippen molar-refractivity contribution in [3.63, 3.8) is 0 Å². The third-order valence-corrected chi connectivity index (χ3v) is 11.4. The van der Waals surface area contributed by atoms with Crippen LogP contribution in [0, 0.1) is 5.41 Å². The zero-order chi connectivity index (χ0) is 39.6. The Balaban J connectivity index is 1.11. The smallest absolute Gasteiger partial charge is 0.407 e. The Bertz CT molecular complexity index is 1930. The summed E-state index contributed by atoms with van der Waals surface area (Å²) in [6, 6.07) is 23.3. The number of oxime groups is 1. The number of rotatable bonds is 13. The van der Waals surface area contributed by atoms with Crippen molar-refractivity contribution >= 4 is 29.5 Å². The maximum atomic E-state index is 14.9. The molecule has 2 aliphatic carbocycles. The van der Waals surface area contributed by atoms with Crippen molar-refractivity contribution in [1.82, 2.24) is 20.9 Å². The van der Waals surface area contributed by atoms with Crippen LogP contribution in [0.3, 0.4) is 0 Å². The van der Waals surface area contributed by atoms with Crippen LogP contribution in [-0.2, 0) is 28.7 Å². The summed E-state index contributed by atoms with van der Waals surface area (Å²) in [5.41, 5.74) is 4.27. The molecule has 4 aliphatic rings. The summed E-state index contributed by atoms with van der Waals surface area (Å²) >= 11 is 0. The summed E-state index contributed by atoms with van der Waals surface area (Å²) in [5.74, 6) is -1.30. The van der Waals surface area contributed by atoms with Gasteiger partial charge in [-0.25, -0.2) is 4.79 Å². The van der Waals surface area contributed by atoms with Crippen LogP contribution in [0.1, 0.15) is 88.8 Å². The topological polar surface area (TPSA) is 148 Å². The molecule has 0 radical (unpaired) electrons. The van der Waals surface area contributed by atoms with Crippen molar-refractivity contribution in [3.05, 3.63) is 95.6 Å². The first-order valence-electron chi connectivity index (χ1n) is 19.8. The number of hydrogen-bond acceptors (Lipinski definition) is 8. The van der Waals surface area contributed by atoms with E-state index < -0.39 is 53.2 Å². The molecule has 1 unspecified atom stereocenters. The summed E-state index contributed by atoms with van der Waals surface area (Å²) in [6.45, 7) is 7.72. The first-order valence-corrected chi connectivity index (χ1v) is 19.8. The molecular formula is C44H53N5O7. The molecule has 0 bridgehead atoms. The van der Waals surface area contributed by atoms with E-state index in [2.05, 4.69) is 45.4 Å². The highest BCUT2D eigenvalue weighted by atomic mass is 16.7. The van der Waals surface area contributed by atoms with Gasteiger partial charge in [0.05, 0.1) is 18.3 Å². The fraction of sp³-hybridized carbons (Fsp3) is 0.477. The average molecular weight is 764 g/mol. The molecule has 296 valence electrons. The number of methoxy groups -OCH3 is 1. The number of carbonyl (C=O) groups excluding carboxylic acids is 4. The zero-order valence-corrected chi connectivity index (χ0v) is 32.9. The molecule has 56 heavy (non-hydrogen) atoms. The highest BCUT2D eigenvalue weighted by Crippen LogP contribution is 2.45. The first kappa shape index (κ1) is 39.0. The molecule has 2 fully saturated rings. The minimum absolute atomic E-state index is 0.0665. The predicted molar refractivity (Wildman–Crippen MR) is 212 cm³/mol. The van der Waals surface area contributed by atoms with E-state index in [4.69, 9.17) is 14.3 Å². The van der Waals surface area contributed by atoms with Gasteiger partial charge in [-0.05, 0) is 52.5 Å². The molecule has 3 aromatic carbocycles. The second kappa shape index (κ2) is 16.1. The summed E-state index contributed by atoms with van der Waals surface area (Å²) in [6.07, 6.45) is 1.92. The molecule has 0 aromatic heterocycles. The summed E-state index contributed by atoms with van der Waals surface area (Å²) < 4.78 is 11.5. The van der Waals surface area contributed by atoms with E-state index in [1.807, 2.05) is 82.3 Å². The second-order valence-corrected chi connectivity index (χ2v) is 16.7. The minimum Gasteiger partial charge on any atom is -0.449 e. The summed E-state index contributed by atoms with van der Waals surface area (Å²) in [7, 11) is 1.46. The van der Waals surface area contributed by atoms with Crippen LogP contribution in [0.2, 0.25) is 0 Å². The van der Waals surface area contributed by atoms with Crippen molar-refractivity contribution in [2.45, 2.75) is 108 Å². The van der Waals surface area contributed by atoms with Gasteiger partial charge in [-0.15, -0.1) is 0 Å². The molecular weight excluding hydrogens is 711 g/mol. The third-order valence-electron chi connectivity index (χ3n) is 11.4. The van der Waals surface area contributed by atoms with Gasteiger partial charge in [0.1, 0.15) is 18.7 Å². The Morgan fingerprint density at radius 1 is 0.929 bits per heavy atom. The maximum Gasteiger partial charge on any atom is 0.407 e. The zero-order valence-electron chi connectivity index (χ0n) is 32.9. The van der Waals surface area contributed by atoms with E-state index in [0.29, 0.717) is 19.3 Å². The van der Waals surface area contributed by atoms with Crippen molar-refractivity contribution in [2.24, 2.45) is 10.6 Å². The molecule has 2 aliphatic heterocycles. The van der Waals surface area contributed by atoms with Crippen molar-refractivity contribution in [2.75, 3.05) is 20.3 Å². The number of amides is 4. The highest BCUT2D eigenvalue weighted by molar-refractivity contribution is 6.02. The Labute approximate surface area is 328 Å². The lowest BCUT2D eigenvalue weighted by Crippen LogP contribution is -2.59. The molecule has 5 atom stereocenters. The maximum absolute atomic E-state index is 14.9. The molecule has 3 aromatic rings. The first-order chi connectivity index (χ1) is 26.9. The standard InChI is InChI=1S/C44H53N5O7/c1-6-14-34(37(54-5)40(51)45-28-21-22-28)46-39(50)36-24-44(23-35(48-56-44)27-15-8-7-9-16-27)26-49(36)41(52)38(43(2,3)4)47-42(53)55-25-33-31-19-12-10-17-29(31)30-18-11-13-20-32(30)33/h7-13,15-20,28,33-34,36-38H,6,14,21-26H2,1-5H3,(H,45,51)(H,46,50)(H,47,53)/t34-,36+,37?,38-,44-/m1/s1. The fourth-order valence-corrected chi connectivity index (χ4v) is 8.34. The van der Waals surface area contributed by atoms with Gasteiger partial charge in [-0.1, -0.05) is 118 Å². The van der Waals surface area contributed by atoms with Gasteiger partial charge in [-0.2, -0.15) is 0 Å². The second-order valence-electron chi connectivity index (χ2n) is 16.7. The Morgan fingerprint density at radius 3 is 2.18 bits per heavy atom. The van der Waals surface area contributed by atoms with Crippen LogP contribution >= 0.6 is 0 Å². The van der Waals surface area contributed by atoms with E-state index >= 15 is 0 Å². The SMILES string of the molecule is CCC[C@@H](NC(=O)[C@@H]1C[C@]2(CC(c3ccccc3)=NO2)CN1C(=O)[C@@H](NC(=O)OCC1c2ccccc2-c2ccccc21)C(C)(C)C)C(OC)C(=O)NC1CC1. The van der Waals surface area contributed by atoms with Crippen LogP contribution in [0.15, 0.2) is 84.0 Å². The minimum atomic E-state index is -1.05. The van der Waals surface area contributed by atoms with Crippen LogP contribution in [0.5, 0.6) is 0 Å². The molecule has 12 nitrogen and oxygen atoms in total. The molecule has 4 amide bonds. The number of ether oxygens (including phenoxy) is 2. The monoisotopic (exact) mass is 763 g/mol. The van der Waals surface area contributed by atoms with Gasteiger partial charge >= 0.3 is 6.09 Å². The van der Waals surface area contributed by atoms with Crippen molar-refractivity contribution in [1.29, 1.82) is 0 Å². The summed E-state index contributed by atoms with van der Waals surface area (Å²) in [5, 5.41) is 13.4. The van der Waals surface area contributed by atoms with Gasteiger partial charge in [-0.3, -0.25) is 14.4 Å². The fourth-order valence-electron chi connectivity index (χ4n) is 8.34. The van der Waals surface area contributed by atoms with Crippen molar-refractivity contribution in [3.8, 4) is 11.1 Å². The number of benzene rings is 3. The average Bonchev–Trinajstić information content (AvgIpc) is 3.64. The van der Waals surface area contributed by atoms with Gasteiger partial charge in [0.25, 0.3) is 5.91 Å². The van der Waals surface area contributed by atoms with Crippen LogP contribution in [-0.4, -0.2) is 90.6 Å². The number of carbonyl (C=O) groups is 4. The highest BCUT2D eigenvalue weighted by Gasteiger charge is 2.56. The van der Waals surface area contributed by atoms with Crippen LogP contribution in [0.4, 0.5) is 4.79 Å². The van der Waals surface area contributed by atoms with Gasteiger partial charge in [0.15, 0.2) is 11.7 Å². The Hall–Kier alpha value is -5.23. The molecule has 1 saturated carbocycles. The normalized spacial score (nSPS) is 21.6. The van der Waals surface area contributed by atoms with Gasteiger partial charge in [0, 0.05) is 31.9 Å². The third kappa shape index (κ3) is 8.16. The van der Waals surface area contributed by atoms with Gasteiger partial charge in [0.2, 0.25) is 11.8 Å². The Kier molecular flexibility index (Phi) is 11.2. The van der Waals surface area contributed by atoms with Crippen LogP contribution in [0.25, 0.3) is 11.1 Å². The molecule has 7 rings (SSSR count). The lowest BCUT2D eigenvalue weighted by atomic mass is 9.85. The number of fused-ring (bicyclic) bond motifs is 3. The quantitative estimate of drug-likeness (QED) is 0.203. The lowest BCUT2D eigenvalue weighted by Gasteiger charge is -2.35. The molecule has 3 N–H and O–H groups in total. The molecule has 12 heteroatoms. The van der Waals surface area contributed by atoms with Gasteiger partial charge < -0.3 is 35.2 Å². The number of hydrogen-bond donors (Lipinski definition) is 3. The molecule has 2 heterocycles. The van der Waals surface area contributed by atoms with E-state index in [-0.39, 0.29) is 37.4 Å². The number of nitrogens with one attached hydrogen (secondary N) is 3.